The predicted octanol–water partition coefficient (Wildman–Crippen LogP) is 3.27. The second kappa shape index (κ2) is 6.42. The molecule has 0 fully saturated rings. The number of halogens is 3. The molecule has 18 heavy (non-hydrogen) atoms. The van der Waals surface area contributed by atoms with E-state index in [9.17, 15) is 18.0 Å². The molecule has 0 aliphatic rings. The molecule has 0 saturated carbocycles. The highest BCUT2D eigenvalue weighted by molar-refractivity contribution is 5.89. The van der Waals surface area contributed by atoms with Crippen molar-refractivity contribution in [1.29, 1.82) is 0 Å². The molecule has 0 radical (unpaired) electrons. The fourth-order valence-electron chi connectivity index (χ4n) is 1.66. The third-order valence-corrected chi connectivity index (χ3v) is 2.74. The number of carboxylic acid groups (broad SMARTS) is 1. The average Bonchev–Trinajstić information content (AvgIpc) is 2.31. The van der Waals surface area contributed by atoms with Gasteiger partial charge in [-0.25, -0.2) is 13.6 Å². The fourth-order valence-corrected chi connectivity index (χ4v) is 1.66. The third-order valence-electron chi connectivity index (χ3n) is 2.74. The van der Waals surface area contributed by atoms with E-state index in [1.807, 2.05) is 0 Å². The molecule has 1 N–H and O–H groups in total. The van der Waals surface area contributed by atoms with E-state index in [0.717, 1.165) is 0 Å². The molecule has 0 bridgehead atoms. The van der Waals surface area contributed by atoms with Gasteiger partial charge in [0.25, 0.3) is 0 Å². The van der Waals surface area contributed by atoms with Crippen LogP contribution in [0.1, 0.15) is 27.9 Å². The Morgan fingerprint density at radius 3 is 2.56 bits per heavy atom. The van der Waals surface area contributed by atoms with Crippen LogP contribution in [0.4, 0.5) is 13.2 Å². The van der Waals surface area contributed by atoms with Crippen molar-refractivity contribution in [2.24, 2.45) is 0 Å². The summed E-state index contributed by atoms with van der Waals surface area (Å²) in [5.41, 5.74) is 1.02. The summed E-state index contributed by atoms with van der Waals surface area (Å²) in [6.07, 6.45) is -4.39. The van der Waals surface area contributed by atoms with Gasteiger partial charge in [0, 0.05) is 12.8 Å². The summed E-state index contributed by atoms with van der Waals surface area (Å²) < 4.78 is 38.4. The Kier molecular flexibility index (Phi) is 5.19. The molecule has 1 aromatic carbocycles. The summed E-state index contributed by atoms with van der Waals surface area (Å²) in [5, 5.41) is 8.90. The highest BCUT2D eigenvalue weighted by Crippen LogP contribution is 2.18. The van der Waals surface area contributed by atoms with E-state index in [1.165, 1.54) is 6.07 Å². The van der Waals surface area contributed by atoms with Crippen molar-refractivity contribution in [3.63, 3.8) is 0 Å². The van der Waals surface area contributed by atoms with Crippen LogP contribution in [0.5, 0.6) is 0 Å². The monoisotopic (exact) mass is 260 g/mol. The van der Waals surface area contributed by atoms with Crippen molar-refractivity contribution in [2.75, 3.05) is 6.67 Å². The third kappa shape index (κ3) is 3.75. The molecule has 5 heteroatoms. The van der Waals surface area contributed by atoms with Crippen LogP contribution >= 0.6 is 0 Å². The lowest BCUT2D eigenvalue weighted by atomic mass is 9.99. The zero-order valence-corrected chi connectivity index (χ0v) is 10.00. The first-order valence-electron chi connectivity index (χ1n) is 5.62. The van der Waals surface area contributed by atoms with Crippen molar-refractivity contribution in [3.05, 3.63) is 34.9 Å². The van der Waals surface area contributed by atoms with E-state index < -0.39 is 31.4 Å². The van der Waals surface area contributed by atoms with E-state index in [2.05, 4.69) is 0 Å². The van der Waals surface area contributed by atoms with E-state index in [-0.39, 0.29) is 12.0 Å². The Bertz CT molecular complexity index is 421. The molecule has 0 saturated heterocycles. The molecular formula is C13H15F3O2. The largest absolute Gasteiger partial charge is 0.478 e. The smallest absolute Gasteiger partial charge is 0.335 e. The second-order valence-electron chi connectivity index (χ2n) is 4.17. The Morgan fingerprint density at radius 2 is 2.00 bits per heavy atom. The van der Waals surface area contributed by atoms with Gasteiger partial charge in [0.2, 0.25) is 0 Å². The fraction of sp³-hybridized carbons (Fsp3) is 0.462. The van der Waals surface area contributed by atoms with Crippen molar-refractivity contribution in [3.8, 4) is 0 Å². The van der Waals surface area contributed by atoms with Crippen LogP contribution < -0.4 is 0 Å². The van der Waals surface area contributed by atoms with Crippen LogP contribution in [-0.4, -0.2) is 30.1 Å². The maximum atomic E-state index is 13.4. The van der Waals surface area contributed by atoms with Crippen molar-refractivity contribution in [2.45, 2.75) is 32.1 Å². The Morgan fingerprint density at radius 1 is 1.33 bits per heavy atom. The molecule has 1 rings (SSSR count). The number of aromatic carboxylic acids is 1. The molecule has 2 unspecified atom stereocenters. The standard InChI is InChI=1S/C13H15F3O2/c1-8-2-3-9(6-10(8)13(17)18)7-12(16)11(15)4-5-14/h2-3,6,11-12H,4-5,7H2,1H3,(H,17,18). The minimum Gasteiger partial charge on any atom is -0.478 e. The molecule has 2 nitrogen and oxygen atoms in total. The second-order valence-corrected chi connectivity index (χ2v) is 4.17. The molecule has 0 aliphatic heterocycles. The van der Waals surface area contributed by atoms with Crippen molar-refractivity contribution in [1.82, 2.24) is 0 Å². The highest BCUT2D eigenvalue weighted by atomic mass is 19.2. The number of hydrogen-bond acceptors (Lipinski definition) is 1. The number of alkyl halides is 3. The summed E-state index contributed by atoms with van der Waals surface area (Å²) in [4.78, 5) is 10.9. The molecule has 2 atom stereocenters. The lowest BCUT2D eigenvalue weighted by Crippen LogP contribution is -2.20. The summed E-state index contributed by atoms with van der Waals surface area (Å²) in [7, 11) is 0. The summed E-state index contributed by atoms with van der Waals surface area (Å²) in [6, 6.07) is 4.43. The highest BCUT2D eigenvalue weighted by Gasteiger charge is 2.21. The summed E-state index contributed by atoms with van der Waals surface area (Å²) in [6.45, 7) is 0.719. The first-order chi connectivity index (χ1) is 8.45. The van der Waals surface area contributed by atoms with Gasteiger partial charge < -0.3 is 5.11 Å². The van der Waals surface area contributed by atoms with Crippen LogP contribution in [0.15, 0.2) is 18.2 Å². The zero-order valence-electron chi connectivity index (χ0n) is 10.00. The topological polar surface area (TPSA) is 37.3 Å². The number of benzene rings is 1. The number of aryl methyl sites for hydroxylation is 1. The Labute approximate surface area is 103 Å². The van der Waals surface area contributed by atoms with Crippen LogP contribution in [0.3, 0.4) is 0 Å². The Hall–Kier alpha value is -1.52. The summed E-state index contributed by atoms with van der Waals surface area (Å²) in [5.74, 6) is -1.11. The van der Waals surface area contributed by atoms with Gasteiger partial charge in [-0.05, 0) is 24.1 Å². The van der Waals surface area contributed by atoms with E-state index >= 15 is 0 Å². The van der Waals surface area contributed by atoms with E-state index in [4.69, 9.17) is 5.11 Å². The summed E-state index contributed by atoms with van der Waals surface area (Å²) >= 11 is 0. The predicted molar refractivity (Wildman–Crippen MR) is 62.2 cm³/mol. The average molecular weight is 260 g/mol. The van der Waals surface area contributed by atoms with Gasteiger partial charge in [0.05, 0.1) is 12.2 Å². The van der Waals surface area contributed by atoms with Gasteiger partial charge in [-0.3, -0.25) is 4.39 Å². The van der Waals surface area contributed by atoms with E-state index in [1.54, 1.807) is 19.1 Å². The quantitative estimate of drug-likeness (QED) is 0.852. The van der Waals surface area contributed by atoms with Gasteiger partial charge in [-0.15, -0.1) is 0 Å². The lowest BCUT2D eigenvalue weighted by Gasteiger charge is -2.13. The molecule has 0 aliphatic carbocycles. The zero-order chi connectivity index (χ0) is 13.7. The van der Waals surface area contributed by atoms with E-state index in [0.29, 0.717) is 11.1 Å². The SMILES string of the molecule is Cc1ccc(CC(F)C(F)CCF)cc1C(=O)O. The van der Waals surface area contributed by atoms with Gasteiger partial charge in [-0.2, -0.15) is 0 Å². The first kappa shape index (κ1) is 14.5. The molecule has 0 heterocycles. The maximum absolute atomic E-state index is 13.4. The van der Waals surface area contributed by atoms with Gasteiger partial charge in [-0.1, -0.05) is 12.1 Å². The normalized spacial score (nSPS) is 14.2. The molecular weight excluding hydrogens is 245 g/mol. The minimum atomic E-state index is -1.86. The van der Waals surface area contributed by atoms with Crippen LogP contribution in [0.25, 0.3) is 0 Å². The van der Waals surface area contributed by atoms with Crippen molar-refractivity contribution >= 4 is 5.97 Å². The molecule has 1 aromatic rings. The number of rotatable bonds is 6. The maximum Gasteiger partial charge on any atom is 0.335 e. The lowest BCUT2D eigenvalue weighted by molar-refractivity contribution is 0.0696. The Balaban J connectivity index is 2.79. The van der Waals surface area contributed by atoms with Gasteiger partial charge >= 0.3 is 5.97 Å². The minimum absolute atomic E-state index is 0.0700. The van der Waals surface area contributed by atoms with Gasteiger partial charge in [0.15, 0.2) is 0 Å². The van der Waals surface area contributed by atoms with Gasteiger partial charge in [0.1, 0.15) is 12.3 Å². The van der Waals surface area contributed by atoms with Crippen molar-refractivity contribution < 1.29 is 23.1 Å². The number of hydrogen-bond donors (Lipinski definition) is 1. The molecule has 0 amide bonds. The van der Waals surface area contributed by atoms with Crippen LogP contribution in [0, 0.1) is 6.92 Å². The van der Waals surface area contributed by atoms with Crippen LogP contribution in [0.2, 0.25) is 0 Å². The molecule has 0 spiro atoms. The molecule has 0 aromatic heterocycles. The number of carbonyl (C=O) groups is 1. The molecule has 100 valence electrons. The van der Waals surface area contributed by atoms with Crippen LogP contribution in [-0.2, 0) is 6.42 Å². The first-order valence-corrected chi connectivity index (χ1v) is 5.62. The number of carboxylic acids is 1.